The molecule has 0 bridgehead atoms. The Balaban J connectivity index is 1.30. The molecule has 4 heteroatoms. The summed E-state index contributed by atoms with van der Waals surface area (Å²) in [5.41, 5.74) is 3.53. The van der Waals surface area contributed by atoms with Gasteiger partial charge >= 0.3 is 0 Å². The molecule has 3 aromatic rings. The second-order valence-corrected chi connectivity index (χ2v) is 7.45. The number of rotatable bonds is 5. The minimum Gasteiger partial charge on any atom is -0.350 e. The Bertz CT molecular complexity index is 966. The molecule has 1 aliphatic rings. The molecule has 1 saturated heterocycles. The van der Waals surface area contributed by atoms with Crippen molar-refractivity contribution in [3.05, 3.63) is 78.0 Å². The molecule has 1 aromatic heterocycles. The maximum atomic E-state index is 12.8. The zero-order valence-electron chi connectivity index (χ0n) is 16.4. The molecule has 1 aliphatic heterocycles. The van der Waals surface area contributed by atoms with E-state index in [1.54, 1.807) is 0 Å². The Labute approximate surface area is 166 Å². The lowest BCUT2D eigenvalue weighted by Gasteiger charge is -2.34. The molecule has 4 nitrogen and oxygen atoms in total. The highest BCUT2D eigenvalue weighted by molar-refractivity contribution is 5.89. The van der Waals surface area contributed by atoms with Gasteiger partial charge in [0.1, 0.15) is 0 Å². The third-order valence-electron chi connectivity index (χ3n) is 5.52. The van der Waals surface area contributed by atoms with Crippen LogP contribution in [0.2, 0.25) is 0 Å². The van der Waals surface area contributed by atoms with Crippen LogP contribution in [0.25, 0.3) is 17.0 Å². The number of para-hydroxylation sites is 1. The van der Waals surface area contributed by atoms with E-state index in [1.165, 1.54) is 16.5 Å². The van der Waals surface area contributed by atoms with Crippen molar-refractivity contribution in [2.45, 2.75) is 6.42 Å². The van der Waals surface area contributed by atoms with Crippen LogP contribution >= 0.6 is 0 Å². The van der Waals surface area contributed by atoms with Crippen LogP contribution in [-0.2, 0) is 18.3 Å². The number of amides is 1. The summed E-state index contributed by atoms with van der Waals surface area (Å²) in [5.74, 6) is 0.232. The van der Waals surface area contributed by atoms with Crippen LogP contribution < -0.4 is 0 Å². The van der Waals surface area contributed by atoms with Crippen LogP contribution in [0.4, 0.5) is 0 Å². The molecule has 144 valence electrons. The van der Waals surface area contributed by atoms with Crippen molar-refractivity contribution in [3.63, 3.8) is 0 Å². The third-order valence-corrected chi connectivity index (χ3v) is 5.52. The maximum absolute atomic E-state index is 12.8. The van der Waals surface area contributed by atoms with Gasteiger partial charge in [0, 0.05) is 56.9 Å². The van der Waals surface area contributed by atoms with E-state index >= 15 is 0 Å². The molecule has 1 fully saturated rings. The molecule has 0 spiro atoms. The molecule has 0 atom stereocenters. The molecule has 0 saturated carbocycles. The number of nitrogens with zero attached hydrogens (tertiary/aromatic N) is 3. The molecule has 4 rings (SSSR count). The average Bonchev–Trinajstić information content (AvgIpc) is 3.05. The summed E-state index contributed by atoms with van der Waals surface area (Å²) in [6.07, 6.45) is 6.95. The lowest BCUT2D eigenvalue weighted by atomic mass is 10.1. The van der Waals surface area contributed by atoms with Crippen LogP contribution in [0.1, 0.15) is 11.1 Å². The molecular formula is C24H27N3O. The van der Waals surface area contributed by atoms with Gasteiger partial charge in [-0.15, -0.1) is 0 Å². The predicted molar refractivity (Wildman–Crippen MR) is 115 cm³/mol. The summed E-state index contributed by atoms with van der Waals surface area (Å²) in [4.78, 5) is 17.2. The minimum absolute atomic E-state index is 0.232. The number of aromatic nitrogens is 1. The molecular weight excluding hydrogens is 346 g/mol. The van der Waals surface area contributed by atoms with Gasteiger partial charge in [-0.25, -0.2) is 0 Å². The first-order valence-corrected chi connectivity index (χ1v) is 9.95. The number of carbonyl (C=O) groups is 1. The van der Waals surface area contributed by atoms with Crippen LogP contribution in [0.15, 0.2) is 66.9 Å². The van der Waals surface area contributed by atoms with Crippen molar-refractivity contribution < 1.29 is 4.79 Å². The fourth-order valence-corrected chi connectivity index (χ4v) is 3.92. The van der Waals surface area contributed by atoms with Crippen molar-refractivity contribution in [2.75, 3.05) is 32.7 Å². The van der Waals surface area contributed by atoms with E-state index in [1.807, 2.05) is 30.1 Å². The Morgan fingerprint density at radius 1 is 0.964 bits per heavy atom. The summed E-state index contributed by atoms with van der Waals surface area (Å²) >= 11 is 0. The highest BCUT2D eigenvalue weighted by Gasteiger charge is 2.21. The second-order valence-electron chi connectivity index (χ2n) is 7.45. The summed E-state index contributed by atoms with van der Waals surface area (Å²) in [6, 6.07) is 18.7. The maximum Gasteiger partial charge on any atom is 0.227 e. The quantitative estimate of drug-likeness (QED) is 0.684. The molecule has 0 radical (unpaired) electrons. The van der Waals surface area contributed by atoms with E-state index in [4.69, 9.17) is 0 Å². The summed E-state index contributed by atoms with van der Waals surface area (Å²) in [6.45, 7) is 4.41. The van der Waals surface area contributed by atoms with Gasteiger partial charge in [0.05, 0.1) is 6.42 Å². The average molecular weight is 374 g/mol. The number of benzene rings is 2. The van der Waals surface area contributed by atoms with Crippen molar-refractivity contribution in [2.24, 2.45) is 7.05 Å². The van der Waals surface area contributed by atoms with Gasteiger partial charge in [0.15, 0.2) is 0 Å². The van der Waals surface area contributed by atoms with Crippen LogP contribution in [0.5, 0.6) is 0 Å². The Kier molecular flexibility index (Phi) is 5.58. The number of hydrogen-bond donors (Lipinski definition) is 0. The molecule has 1 amide bonds. The minimum atomic E-state index is 0.232. The van der Waals surface area contributed by atoms with Crippen LogP contribution in [0, 0.1) is 0 Å². The Hall–Kier alpha value is -2.85. The molecule has 0 N–H and O–H groups in total. The molecule has 0 aliphatic carbocycles. The number of piperazine rings is 1. The summed E-state index contributed by atoms with van der Waals surface area (Å²) < 4.78 is 2.11. The monoisotopic (exact) mass is 373 g/mol. The Morgan fingerprint density at radius 3 is 2.46 bits per heavy atom. The van der Waals surface area contributed by atoms with Crippen LogP contribution in [0.3, 0.4) is 0 Å². The zero-order valence-corrected chi connectivity index (χ0v) is 16.4. The lowest BCUT2D eigenvalue weighted by Crippen LogP contribution is -2.49. The number of fused-ring (bicyclic) bond motifs is 1. The van der Waals surface area contributed by atoms with Gasteiger partial charge in [-0.3, -0.25) is 9.69 Å². The fourth-order valence-electron chi connectivity index (χ4n) is 3.92. The van der Waals surface area contributed by atoms with E-state index in [0.717, 1.165) is 38.3 Å². The fraction of sp³-hybridized carbons (Fsp3) is 0.292. The molecule has 0 unspecified atom stereocenters. The molecule has 2 aromatic carbocycles. The van der Waals surface area contributed by atoms with Gasteiger partial charge < -0.3 is 9.47 Å². The topological polar surface area (TPSA) is 28.5 Å². The first-order valence-electron chi connectivity index (χ1n) is 9.95. The van der Waals surface area contributed by atoms with Crippen molar-refractivity contribution in [1.29, 1.82) is 0 Å². The largest absolute Gasteiger partial charge is 0.350 e. The second kappa shape index (κ2) is 8.44. The van der Waals surface area contributed by atoms with Gasteiger partial charge in [-0.1, -0.05) is 60.7 Å². The Morgan fingerprint density at radius 2 is 1.68 bits per heavy atom. The van der Waals surface area contributed by atoms with E-state index in [2.05, 4.69) is 64.2 Å². The van der Waals surface area contributed by atoms with E-state index in [9.17, 15) is 4.79 Å². The third kappa shape index (κ3) is 4.18. The van der Waals surface area contributed by atoms with Crippen molar-refractivity contribution >= 4 is 22.9 Å². The smallest absolute Gasteiger partial charge is 0.227 e. The number of hydrogen-bond acceptors (Lipinski definition) is 2. The normalized spacial score (nSPS) is 15.5. The van der Waals surface area contributed by atoms with Crippen molar-refractivity contribution in [3.8, 4) is 0 Å². The summed E-state index contributed by atoms with van der Waals surface area (Å²) in [5, 5.41) is 1.18. The first-order chi connectivity index (χ1) is 13.7. The highest BCUT2D eigenvalue weighted by Crippen LogP contribution is 2.21. The number of carbonyl (C=O) groups excluding carboxylic acids is 1. The highest BCUT2D eigenvalue weighted by atomic mass is 16.2. The van der Waals surface area contributed by atoms with Gasteiger partial charge in [-0.05, 0) is 17.2 Å². The standard InChI is InChI=1S/C24H27N3O/c1-25-19-21(22-11-5-6-12-23(22)25)18-24(28)27-16-14-26(15-17-27)13-7-10-20-8-3-2-4-9-20/h2-12,19H,13-18H2,1H3/b10-7+. The van der Waals surface area contributed by atoms with Crippen LogP contribution in [-0.4, -0.2) is 53.0 Å². The van der Waals surface area contributed by atoms with Gasteiger partial charge in [0.25, 0.3) is 0 Å². The predicted octanol–water partition coefficient (Wildman–Crippen LogP) is 3.58. The molecule has 28 heavy (non-hydrogen) atoms. The molecule has 2 heterocycles. The first kappa shape index (κ1) is 18.5. The van der Waals surface area contributed by atoms with Gasteiger partial charge in [-0.2, -0.15) is 0 Å². The van der Waals surface area contributed by atoms with E-state index < -0.39 is 0 Å². The van der Waals surface area contributed by atoms with E-state index in [-0.39, 0.29) is 5.91 Å². The summed E-state index contributed by atoms with van der Waals surface area (Å²) in [7, 11) is 2.04. The van der Waals surface area contributed by atoms with Crippen molar-refractivity contribution in [1.82, 2.24) is 14.4 Å². The number of aryl methyl sites for hydroxylation is 1. The SMILES string of the molecule is Cn1cc(CC(=O)N2CCN(C/C=C/c3ccccc3)CC2)c2ccccc21. The van der Waals surface area contributed by atoms with E-state index in [0.29, 0.717) is 6.42 Å². The zero-order chi connectivity index (χ0) is 19.3. The van der Waals surface area contributed by atoms with Gasteiger partial charge in [0.2, 0.25) is 5.91 Å². The lowest BCUT2D eigenvalue weighted by molar-refractivity contribution is -0.132.